The molecule has 0 radical (unpaired) electrons. The number of benzene rings is 2. The number of nitrogens with one attached hydrogen (secondary N) is 1. The van der Waals surface area contributed by atoms with Crippen molar-refractivity contribution in [2.45, 2.75) is 12.5 Å². The molecule has 2 aromatic heterocycles. The minimum Gasteiger partial charge on any atom is -0.382 e. The molecule has 1 unspecified atom stereocenters. The largest absolute Gasteiger partial charge is 0.382 e. The number of nitrogens with zero attached hydrogens (tertiary/aromatic N) is 3. The molecule has 0 aliphatic carbocycles. The molecule has 9 heteroatoms. The van der Waals surface area contributed by atoms with E-state index in [9.17, 15) is 14.0 Å². The van der Waals surface area contributed by atoms with Crippen LogP contribution in [0, 0.1) is 5.82 Å². The van der Waals surface area contributed by atoms with E-state index in [2.05, 4.69) is 10.1 Å². The second-order valence-corrected chi connectivity index (χ2v) is 8.49. The maximum atomic E-state index is 13.6. The van der Waals surface area contributed by atoms with E-state index in [4.69, 9.17) is 9.47 Å². The van der Waals surface area contributed by atoms with Crippen molar-refractivity contribution in [1.29, 1.82) is 0 Å². The number of aromatic amines is 1. The molecule has 1 aliphatic heterocycles. The van der Waals surface area contributed by atoms with Gasteiger partial charge in [0, 0.05) is 48.4 Å². The molecular formula is C26H25FN4O4. The molecule has 0 bridgehead atoms. The van der Waals surface area contributed by atoms with Gasteiger partial charge in [0.2, 0.25) is 0 Å². The lowest BCUT2D eigenvalue weighted by atomic mass is 10.1. The molecule has 3 heterocycles. The summed E-state index contributed by atoms with van der Waals surface area (Å²) in [6.45, 7) is 2.28. The quantitative estimate of drug-likeness (QED) is 0.413. The minimum absolute atomic E-state index is 0.0330. The maximum absolute atomic E-state index is 13.6. The summed E-state index contributed by atoms with van der Waals surface area (Å²) < 4.78 is 26.0. The molecule has 1 amide bonds. The van der Waals surface area contributed by atoms with E-state index >= 15 is 0 Å². The number of carbonyl (C=O) groups is 1. The highest BCUT2D eigenvalue weighted by Crippen LogP contribution is 2.22. The van der Waals surface area contributed by atoms with Gasteiger partial charge in [-0.05, 0) is 55.0 Å². The van der Waals surface area contributed by atoms with Crippen molar-refractivity contribution in [3.63, 3.8) is 0 Å². The highest BCUT2D eigenvalue weighted by Gasteiger charge is 2.27. The van der Waals surface area contributed by atoms with Gasteiger partial charge in [0.15, 0.2) is 0 Å². The number of aromatic nitrogens is 3. The zero-order valence-corrected chi connectivity index (χ0v) is 19.2. The van der Waals surface area contributed by atoms with Crippen LogP contribution < -0.4 is 5.56 Å². The molecular weight excluding hydrogens is 451 g/mol. The highest BCUT2D eigenvalue weighted by atomic mass is 19.1. The first-order chi connectivity index (χ1) is 17.0. The van der Waals surface area contributed by atoms with Gasteiger partial charge < -0.3 is 19.4 Å². The fourth-order valence-corrected chi connectivity index (χ4v) is 4.28. The highest BCUT2D eigenvalue weighted by molar-refractivity contribution is 5.94. The predicted octanol–water partition coefficient (Wildman–Crippen LogP) is 3.40. The Balaban J connectivity index is 1.30. The van der Waals surface area contributed by atoms with E-state index in [0.29, 0.717) is 53.9 Å². The molecule has 8 nitrogen and oxygen atoms in total. The molecule has 180 valence electrons. The number of ether oxygens (including phenoxy) is 2. The molecule has 1 N–H and O–H groups in total. The van der Waals surface area contributed by atoms with Crippen LogP contribution in [0.3, 0.4) is 0 Å². The second-order valence-electron chi connectivity index (χ2n) is 8.49. The van der Waals surface area contributed by atoms with Gasteiger partial charge in [-0.1, -0.05) is 0 Å². The minimum atomic E-state index is -0.371. The van der Waals surface area contributed by atoms with Gasteiger partial charge in [-0.25, -0.2) is 9.07 Å². The monoisotopic (exact) mass is 476 g/mol. The van der Waals surface area contributed by atoms with E-state index < -0.39 is 0 Å². The van der Waals surface area contributed by atoms with Crippen LogP contribution in [0.1, 0.15) is 16.8 Å². The summed E-state index contributed by atoms with van der Waals surface area (Å²) in [6, 6.07) is 13.0. The van der Waals surface area contributed by atoms with Gasteiger partial charge in [0.05, 0.1) is 36.8 Å². The molecule has 0 spiro atoms. The van der Waals surface area contributed by atoms with E-state index in [1.165, 1.54) is 12.1 Å². The fourth-order valence-electron chi connectivity index (χ4n) is 4.28. The van der Waals surface area contributed by atoms with Crippen LogP contribution in [-0.4, -0.2) is 65.1 Å². The lowest BCUT2D eigenvalue weighted by Gasteiger charge is -2.17. The van der Waals surface area contributed by atoms with Crippen molar-refractivity contribution in [3.8, 4) is 16.8 Å². The third-order valence-corrected chi connectivity index (χ3v) is 6.15. The molecule has 1 saturated heterocycles. The van der Waals surface area contributed by atoms with Crippen LogP contribution in [0.15, 0.2) is 65.7 Å². The smallest absolute Gasteiger partial charge is 0.256 e. The Bertz CT molecular complexity index is 1410. The first kappa shape index (κ1) is 22.9. The molecule has 1 aliphatic rings. The summed E-state index contributed by atoms with van der Waals surface area (Å²) in [5.41, 5.74) is 2.63. The van der Waals surface area contributed by atoms with E-state index in [1.54, 1.807) is 53.4 Å². The van der Waals surface area contributed by atoms with Crippen molar-refractivity contribution in [2.24, 2.45) is 0 Å². The summed E-state index contributed by atoms with van der Waals surface area (Å²) >= 11 is 0. The van der Waals surface area contributed by atoms with Crippen molar-refractivity contribution in [3.05, 3.63) is 82.7 Å². The number of likely N-dealkylation sites (tertiary alicyclic amines) is 1. The van der Waals surface area contributed by atoms with Crippen molar-refractivity contribution >= 4 is 16.8 Å². The summed E-state index contributed by atoms with van der Waals surface area (Å²) in [6.07, 6.45) is 4.16. The van der Waals surface area contributed by atoms with Crippen LogP contribution in [0.2, 0.25) is 0 Å². The van der Waals surface area contributed by atoms with Gasteiger partial charge in [0.1, 0.15) is 5.82 Å². The third-order valence-electron chi connectivity index (χ3n) is 6.15. The zero-order chi connectivity index (χ0) is 24.4. The Morgan fingerprint density at radius 2 is 2.00 bits per heavy atom. The van der Waals surface area contributed by atoms with E-state index in [0.717, 1.165) is 12.1 Å². The predicted molar refractivity (Wildman–Crippen MR) is 129 cm³/mol. The first-order valence-corrected chi connectivity index (χ1v) is 11.4. The number of rotatable bonds is 7. The topological polar surface area (TPSA) is 89.5 Å². The van der Waals surface area contributed by atoms with Crippen LogP contribution in [-0.2, 0) is 9.47 Å². The molecule has 5 rings (SSSR count). The number of halogens is 1. The SMILES string of the molecule is COCCOC1CCN(C(=O)c2ccc(-n3cc(-c4cc5cc(F)ccc5[nH]c4=O)cn3)cc2)C1. The first-order valence-electron chi connectivity index (χ1n) is 11.4. The van der Waals surface area contributed by atoms with E-state index in [1.807, 2.05) is 12.1 Å². The number of fused-ring (bicyclic) bond motifs is 1. The lowest BCUT2D eigenvalue weighted by Crippen LogP contribution is -2.30. The molecule has 4 aromatic rings. The number of carbonyl (C=O) groups excluding carboxylic acids is 1. The van der Waals surface area contributed by atoms with Crippen LogP contribution in [0.5, 0.6) is 0 Å². The van der Waals surface area contributed by atoms with Crippen molar-refractivity contribution in [1.82, 2.24) is 19.7 Å². The summed E-state index contributed by atoms with van der Waals surface area (Å²) in [5.74, 6) is -0.408. The normalized spacial score (nSPS) is 15.7. The second kappa shape index (κ2) is 9.81. The number of H-pyrrole nitrogens is 1. The van der Waals surface area contributed by atoms with Crippen molar-refractivity contribution in [2.75, 3.05) is 33.4 Å². The number of methoxy groups -OCH3 is 1. The molecule has 1 fully saturated rings. The Hall–Kier alpha value is -3.82. The van der Waals surface area contributed by atoms with Gasteiger partial charge in [-0.3, -0.25) is 9.59 Å². The number of hydrogen-bond acceptors (Lipinski definition) is 5. The van der Waals surface area contributed by atoms with Gasteiger partial charge >= 0.3 is 0 Å². The fraction of sp³-hybridized carbons (Fsp3) is 0.269. The van der Waals surface area contributed by atoms with Gasteiger partial charge in [-0.15, -0.1) is 0 Å². The standard InChI is InChI=1S/C26H25FN4O4/c1-34-10-11-35-22-8-9-30(16-22)26(33)17-2-5-21(6-3-17)31-15-19(14-28-31)23-13-18-12-20(27)4-7-24(18)29-25(23)32/h2-7,12-15,22H,8-11,16H2,1H3,(H,29,32). The average molecular weight is 477 g/mol. The third kappa shape index (κ3) is 4.87. The van der Waals surface area contributed by atoms with Crippen LogP contribution in [0.4, 0.5) is 4.39 Å². The summed E-state index contributed by atoms with van der Waals surface area (Å²) in [4.78, 5) is 30.0. The maximum Gasteiger partial charge on any atom is 0.256 e. The number of hydrogen-bond donors (Lipinski definition) is 1. The molecule has 2 aromatic carbocycles. The van der Waals surface area contributed by atoms with Crippen molar-refractivity contribution < 1.29 is 18.7 Å². The van der Waals surface area contributed by atoms with Gasteiger partial charge in [0.25, 0.3) is 11.5 Å². The molecule has 35 heavy (non-hydrogen) atoms. The lowest BCUT2D eigenvalue weighted by molar-refractivity contribution is 0.0218. The Labute approximate surface area is 200 Å². The van der Waals surface area contributed by atoms with E-state index in [-0.39, 0.29) is 23.4 Å². The molecule has 0 saturated carbocycles. The summed E-state index contributed by atoms with van der Waals surface area (Å²) in [5, 5.41) is 4.97. The number of amides is 1. The Morgan fingerprint density at radius 3 is 2.80 bits per heavy atom. The Morgan fingerprint density at radius 1 is 1.17 bits per heavy atom. The molecule has 1 atom stereocenters. The average Bonchev–Trinajstić information content (AvgIpc) is 3.54. The van der Waals surface area contributed by atoms with Crippen LogP contribution in [0.25, 0.3) is 27.7 Å². The number of pyridine rings is 1. The van der Waals surface area contributed by atoms with Gasteiger partial charge in [-0.2, -0.15) is 5.10 Å². The summed E-state index contributed by atoms with van der Waals surface area (Å²) in [7, 11) is 1.63. The van der Waals surface area contributed by atoms with Crippen LogP contribution >= 0.6 is 0 Å². The Kier molecular flexibility index (Phi) is 6.43. The zero-order valence-electron chi connectivity index (χ0n) is 19.2.